The molecule has 0 aromatic heterocycles. The Morgan fingerprint density at radius 1 is 1.04 bits per heavy atom. The van der Waals surface area contributed by atoms with Crippen molar-refractivity contribution in [3.8, 4) is 11.1 Å². The first-order valence-corrected chi connectivity index (χ1v) is 9.98. The average molecular weight is 341 g/mol. The molecule has 132 valence electrons. The molecule has 0 N–H and O–H groups in total. The molecule has 2 aliphatic rings. The maximum atomic E-state index is 4.01. The van der Waals surface area contributed by atoms with E-state index in [1.807, 2.05) is 0 Å². The van der Waals surface area contributed by atoms with E-state index >= 15 is 0 Å². The van der Waals surface area contributed by atoms with E-state index in [9.17, 15) is 0 Å². The van der Waals surface area contributed by atoms with E-state index in [1.54, 1.807) is 16.7 Å². The van der Waals surface area contributed by atoms with Crippen molar-refractivity contribution < 1.29 is 0 Å². The van der Waals surface area contributed by atoms with Gasteiger partial charge < -0.3 is 0 Å². The number of allylic oxidation sites excluding steroid dienone is 5. The van der Waals surface area contributed by atoms with Gasteiger partial charge in [0.2, 0.25) is 0 Å². The van der Waals surface area contributed by atoms with Crippen LogP contribution >= 0.6 is 0 Å². The van der Waals surface area contributed by atoms with Gasteiger partial charge in [0.15, 0.2) is 0 Å². The van der Waals surface area contributed by atoms with E-state index < -0.39 is 0 Å². The lowest BCUT2D eigenvalue weighted by Crippen LogP contribution is -2.29. The van der Waals surface area contributed by atoms with Crippen molar-refractivity contribution in [3.63, 3.8) is 0 Å². The second kappa shape index (κ2) is 7.11. The molecule has 4 rings (SSSR count). The van der Waals surface area contributed by atoms with Gasteiger partial charge in [-0.25, -0.2) is 0 Å². The molecule has 0 heterocycles. The molecule has 0 fully saturated rings. The molecule has 0 bridgehead atoms. The second-order valence-electron chi connectivity index (χ2n) is 7.65. The van der Waals surface area contributed by atoms with Gasteiger partial charge in [-0.15, -0.1) is 6.58 Å². The Hall–Kier alpha value is -2.34. The van der Waals surface area contributed by atoms with Gasteiger partial charge in [0.25, 0.3) is 0 Å². The number of benzene rings is 2. The summed E-state index contributed by atoms with van der Waals surface area (Å²) in [6.45, 7) is 6.34. The number of hydrogen-bond donors (Lipinski definition) is 0. The maximum Gasteiger partial charge on any atom is 0.0174 e. The Kier molecular flexibility index (Phi) is 4.68. The van der Waals surface area contributed by atoms with Crippen LogP contribution in [0.4, 0.5) is 0 Å². The number of hydrogen-bond acceptors (Lipinski definition) is 0. The molecule has 1 unspecified atom stereocenters. The highest BCUT2D eigenvalue weighted by atomic mass is 14.4. The first-order valence-electron chi connectivity index (χ1n) is 9.98. The molecular formula is C26H28. The first-order chi connectivity index (χ1) is 12.8. The van der Waals surface area contributed by atoms with Gasteiger partial charge >= 0.3 is 0 Å². The third-order valence-corrected chi connectivity index (χ3v) is 6.20. The zero-order chi connectivity index (χ0) is 18.0. The highest BCUT2D eigenvalue weighted by Gasteiger charge is 2.38. The Labute approximate surface area is 158 Å². The van der Waals surface area contributed by atoms with Crippen molar-refractivity contribution in [2.75, 3.05) is 0 Å². The molecule has 0 amide bonds. The Morgan fingerprint density at radius 3 is 2.65 bits per heavy atom. The summed E-state index contributed by atoms with van der Waals surface area (Å²) >= 11 is 0. The van der Waals surface area contributed by atoms with E-state index in [0.29, 0.717) is 0 Å². The molecule has 0 aliphatic heterocycles. The molecule has 0 radical (unpaired) electrons. The van der Waals surface area contributed by atoms with Crippen LogP contribution in [-0.2, 0) is 11.8 Å². The van der Waals surface area contributed by atoms with Crippen LogP contribution in [-0.4, -0.2) is 0 Å². The Balaban J connectivity index is 1.89. The van der Waals surface area contributed by atoms with Crippen LogP contribution in [0.25, 0.3) is 11.1 Å². The molecule has 26 heavy (non-hydrogen) atoms. The standard InChI is InChI=1S/C26H28/c1-3-5-18-26(17-4-2,21-12-7-8-13-21)25-16-10-15-23-22-14-9-6-11-20(22)19-24(23)25/h3,6-12,14-16H,1,4-5,13,17-19H2,2H3. The third kappa shape index (κ3) is 2.69. The molecule has 2 aromatic rings. The van der Waals surface area contributed by atoms with Crippen molar-refractivity contribution in [1.82, 2.24) is 0 Å². The van der Waals surface area contributed by atoms with Crippen LogP contribution in [0.15, 0.2) is 78.9 Å². The summed E-state index contributed by atoms with van der Waals surface area (Å²) in [4.78, 5) is 0. The minimum Gasteiger partial charge on any atom is -0.103 e. The highest BCUT2D eigenvalue weighted by Crippen LogP contribution is 2.49. The van der Waals surface area contributed by atoms with Gasteiger partial charge in [-0.05, 0) is 59.9 Å². The zero-order valence-corrected chi connectivity index (χ0v) is 15.8. The molecule has 0 spiro atoms. The first kappa shape index (κ1) is 17.1. The maximum absolute atomic E-state index is 4.01. The van der Waals surface area contributed by atoms with Gasteiger partial charge in [-0.2, -0.15) is 0 Å². The molecule has 0 saturated carbocycles. The third-order valence-electron chi connectivity index (χ3n) is 6.20. The van der Waals surface area contributed by atoms with Crippen LogP contribution in [0.1, 0.15) is 55.7 Å². The molecule has 2 aromatic carbocycles. The lowest BCUT2D eigenvalue weighted by atomic mass is 9.66. The number of rotatable bonds is 7. The molecule has 0 heteroatoms. The summed E-state index contributed by atoms with van der Waals surface area (Å²) in [6.07, 6.45) is 15.8. The van der Waals surface area contributed by atoms with Gasteiger partial charge in [-0.1, -0.05) is 85.7 Å². The van der Waals surface area contributed by atoms with E-state index in [0.717, 1.165) is 25.7 Å². The van der Waals surface area contributed by atoms with Crippen LogP contribution in [0.2, 0.25) is 0 Å². The van der Waals surface area contributed by atoms with Crippen molar-refractivity contribution in [3.05, 3.63) is 95.6 Å². The summed E-state index contributed by atoms with van der Waals surface area (Å²) in [5, 5.41) is 0. The molecular weight excluding hydrogens is 312 g/mol. The fourth-order valence-corrected chi connectivity index (χ4v) is 5.07. The summed E-state index contributed by atoms with van der Waals surface area (Å²) in [5.74, 6) is 0. The lowest BCUT2D eigenvalue weighted by molar-refractivity contribution is 0.418. The molecule has 1 atom stereocenters. The van der Waals surface area contributed by atoms with Crippen molar-refractivity contribution in [2.45, 2.75) is 50.9 Å². The summed E-state index contributed by atoms with van der Waals surface area (Å²) in [6, 6.07) is 15.9. The fraction of sp³-hybridized carbons (Fsp3) is 0.308. The van der Waals surface area contributed by atoms with Crippen molar-refractivity contribution in [1.29, 1.82) is 0 Å². The second-order valence-corrected chi connectivity index (χ2v) is 7.65. The topological polar surface area (TPSA) is 0 Å². The molecule has 0 saturated heterocycles. The molecule has 0 nitrogen and oxygen atoms in total. The minimum atomic E-state index is 0.139. The summed E-state index contributed by atoms with van der Waals surface area (Å²) in [5.41, 5.74) is 9.19. The monoisotopic (exact) mass is 340 g/mol. The van der Waals surface area contributed by atoms with Gasteiger partial charge in [0.1, 0.15) is 0 Å². The SMILES string of the molecule is C=CCCC(CCC)(C1=CC=CC1)c1cccc2c1Cc1ccccc1-2. The van der Waals surface area contributed by atoms with Crippen LogP contribution in [0.3, 0.4) is 0 Å². The summed E-state index contributed by atoms with van der Waals surface area (Å²) in [7, 11) is 0. The predicted octanol–water partition coefficient (Wildman–Crippen LogP) is 7.15. The van der Waals surface area contributed by atoms with Gasteiger partial charge in [0, 0.05) is 5.41 Å². The predicted molar refractivity (Wildman–Crippen MR) is 113 cm³/mol. The van der Waals surface area contributed by atoms with Gasteiger partial charge in [-0.3, -0.25) is 0 Å². The van der Waals surface area contributed by atoms with E-state index in [1.165, 1.54) is 29.5 Å². The van der Waals surface area contributed by atoms with Gasteiger partial charge in [0.05, 0.1) is 0 Å². The van der Waals surface area contributed by atoms with Crippen molar-refractivity contribution in [2.24, 2.45) is 0 Å². The van der Waals surface area contributed by atoms with Crippen LogP contribution in [0.5, 0.6) is 0 Å². The fourth-order valence-electron chi connectivity index (χ4n) is 5.07. The Bertz CT molecular complexity index is 881. The van der Waals surface area contributed by atoms with E-state index in [2.05, 4.69) is 80.3 Å². The van der Waals surface area contributed by atoms with Crippen LogP contribution in [0, 0.1) is 0 Å². The lowest BCUT2D eigenvalue weighted by Gasteiger charge is -2.38. The smallest absolute Gasteiger partial charge is 0.0174 e. The molecule has 2 aliphatic carbocycles. The number of fused-ring (bicyclic) bond motifs is 3. The minimum absolute atomic E-state index is 0.139. The Morgan fingerprint density at radius 2 is 1.88 bits per heavy atom. The highest BCUT2D eigenvalue weighted by molar-refractivity contribution is 5.78. The quantitative estimate of drug-likeness (QED) is 0.401. The van der Waals surface area contributed by atoms with E-state index in [4.69, 9.17) is 0 Å². The normalized spacial score (nSPS) is 16.7. The average Bonchev–Trinajstić information content (AvgIpc) is 3.33. The van der Waals surface area contributed by atoms with Crippen LogP contribution < -0.4 is 0 Å². The zero-order valence-electron chi connectivity index (χ0n) is 15.8. The summed E-state index contributed by atoms with van der Waals surface area (Å²) < 4.78 is 0. The van der Waals surface area contributed by atoms with Crippen molar-refractivity contribution >= 4 is 0 Å². The largest absolute Gasteiger partial charge is 0.103 e. The van der Waals surface area contributed by atoms with E-state index in [-0.39, 0.29) is 5.41 Å².